The predicted molar refractivity (Wildman–Crippen MR) is 112 cm³/mol. The van der Waals surface area contributed by atoms with Gasteiger partial charge in [-0.1, -0.05) is 49.7 Å². The molecule has 2 atom stereocenters. The second kappa shape index (κ2) is 7.47. The molecule has 0 N–H and O–H groups in total. The molecule has 2 aromatic carbocycles. The van der Waals surface area contributed by atoms with Crippen molar-refractivity contribution in [2.45, 2.75) is 27.2 Å². The van der Waals surface area contributed by atoms with Crippen molar-refractivity contribution in [2.24, 2.45) is 11.8 Å². The summed E-state index contributed by atoms with van der Waals surface area (Å²) in [6.07, 6.45) is 1.10. The Balaban J connectivity index is 1.84. The average molecular weight is 392 g/mol. The SMILES string of the molecule is Cc1ccc(C2=C(N3CC(C)CC(C)C3)C(=O)N(c3cccc(F)c3)C2=O)cc1. The first-order valence-electron chi connectivity index (χ1n) is 10.1. The van der Waals surface area contributed by atoms with Gasteiger partial charge in [0, 0.05) is 13.1 Å². The summed E-state index contributed by atoms with van der Waals surface area (Å²) in [5.74, 6) is -0.398. The lowest BCUT2D eigenvalue weighted by Crippen LogP contribution is -2.42. The molecule has 150 valence electrons. The number of carbonyl (C=O) groups excluding carboxylic acids is 2. The molecule has 0 saturated carbocycles. The quantitative estimate of drug-likeness (QED) is 0.727. The normalized spacial score (nSPS) is 22.6. The van der Waals surface area contributed by atoms with Gasteiger partial charge in [-0.3, -0.25) is 9.59 Å². The molecule has 5 heteroatoms. The number of likely N-dealkylation sites (tertiary alicyclic amines) is 1. The fraction of sp³-hybridized carbons (Fsp3) is 0.333. The molecule has 0 aliphatic carbocycles. The van der Waals surface area contributed by atoms with Crippen molar-refractivity contribution in [3.8, 4) is 0 Å². The van der Waals surface area contributed by atoms with Gasteiger partial charge in [-0.15, -0.1) is 0 Å². The van der Waals surface area contributed by atoms with Gasteiger partial charge in [0.05, 0.1) is 11.3 Å². The molecule has 2 unspecified atom stereocenters. The van der Waals surface area contributed by atoms with Gasteiger partial charge in [-0.2, -0.15) is 0 Å². The molecular weight excluding hydrogens is 367 g/mol. The van der Waals surface area contributed by atoms with E-state index in [0.29, 0.717) is 28.7 Å². The molecule has 0 aromatic heterocycles. The lowest BCUT2D eigenvalue weighted by molar-refractivity contribution is -0.120. The molecule has 0 spiro atoms. The molecule has 0 bridgehead atoms. The number of aryl methyl sites for hydroxylation is 1. The summed E-state index contributed by atoms with van der Waals surface area (Å²) < 4.78 is 13.8. The zero-order valence-corrected chi connectivity index (χ0v) is 17.0. The Morgan fingerprint density at radius 2 is 1.59 bits per heavy atom. The first-order valence-corrected chi connectivity index (χ1v) is 10.1. The minimum absolute atomic E-state index is 0.262. The van der Waals surface area contributed by atoms with Crippen LogP contribution in [0.3, 0.4) is 0 Å². The van der Waals surface area contributed by atoms with E-state index in [1.54, 1.807) is 6.07 Å². The van der Waals surface area contributed by atoms with E-state index < -0.39 is 11.7 Å². The largest absolute Gasteiger partial charge is 0.366 e. The third kappa shape index (κ3) is 3.57. The van der Waals surface area contributed by atoms with Crippen molar-refractivity contribution in [3.05, 3.63) is 71.2 Å². The van der Waals surface area contributed by atoms with E-state index >= 15 is 0 Å². The van der Waals surface area contributed by atoms with Crippen molar-refractivity contribution < 1.29 is 14.0 Å². The lowest BCUT2D eigenvalue weighted by atomic mass is 9.91. The smallest absolute Gasteiger partial charge is 0.282 e. The monoisotopic (exact) mass is 392 g/mol. The van der Waals surface area contributed by atoms with E-state index in [-0.39, 0.29) is 11.6 Å². The molecule has 2 amide bonds. The van der Waals surface area contributed by atoms with Gasteiger partial charge in [0.15, 0.2) is 0 Å². The summed E-state index contributed by atoms with van der Waals surface area (Å²) in [4.78, 5) is 30.1. The number of nitrogens with zero attached hydrogens (tertiary/aromatic N) is 2. The fourth-order valence-corrected chi connectivity index (χ4v) is 4.49. The first kappa shape index (κ1) is 19.4. The van der Waals surface area contributed by atoms with Crippen LogP contribution in [0.1, 0.15) is 31.4 Å². The molecule has 2 aromatic rings. The van der Waals surface area contributed by atoms with Crippen molar-refractivity contribution in [3.63, 3.8) is 0 Å². The van der Waals surface area contributed by atoms with Crippen LogP contribution >= 0.6 is 0 Å². The van der Waals surface area contributed by atoms with E-state index in [2.05, 4.69) is 13.8 Å². The Bertz CT molecular complexity index is 986. The highest BCUT2D eigenvalue weighted by Crippen LogP contribution is 2.37. The predicted octanol–water partition coefficient (Wildman–Crippen LogP) is 4.40. The van der Waals surface area contributed by atoms with Crippen LogP contribution in [0.25, 0.3) is 5.57 Å². The summed E-state index contributed by atoms with van der Waals surface area (Å²) in [7, 11) is 0. The van der Waals surface area contributed by atoms with E-state index in [0.717, 1.165) is 30.0 Å². The average Bonchev–Trinajstić information content (AvgIpc) is 2.92. The van der Waals surface area contributed by atoms with Gasteiger partial charge in [-0.05, 0) is 48.9 Å². The minimum Gasteiger partial charge on any atom is -0.366 e. The van der Waals surface area contributed by atoms with E-state index in [4.69, 9.17) is 0 Å². The Morgan fingerprint density at radius 1 is 0.931 bits per heavy atom. The van der Waals surface area contributed by atoms with E-state index in [9.17, 15) is 14.0 Å². The third-order valence-corrected chi connectivity index (χ3v) is 5.65. The number of hydrogen-bond donors (Lipinski definition) is 0. The number of anilines is 1. The van der Waals surface area contributed by atoms with Crippen molar-refractivity contribution in [2.75, 3.05) is 18.0 Å². The molecule has 4 rings (SSSR count). The highest BCUT2D eigenvalue weighted by Gasteiger charge is 2.43. The van der Waals surface area contributed by atoms with E-state index in [1.807, 2.05) is 36.1 Å². The van der Waals surface area contributed by atoms with Crippen LogP contribution in [0.15, 0.2) is 54.2 Å². The van der Waals surface area contributed by atoms with Crippen LogP contribution in [0, 0.1) is 24.6 Å². The maximum absolute atomic E-state index is 13.8. The molecule has 2 heterocycles. The van der Waals surface area contributed by atoms with Crippen molar-refractivity contribution in [1.29, 1.82) is 0 Å². The van der Waals surface area contributed by atoms with Gasteiger partial charge >= 0.3 is 0 Å². The maximum atomic E-state index is 13.8. The molecule has 1 fully saturated rings. The van der Waals surface area contributed by atoms with Crippen LogP contribution in [0.5, 0.6) is 0 Å². The number of piperidine rings is 1. The number of carbonyl (C=O) groups is 2. The molecule has 2 aliphatic rings. The summed E-state index contributed by atoms with van der Waals surface area (Å²) in [5, 5.41) is 0. The van der Waals surface area contributed by atoms with Gasteiger partial charge in [0.2, 0.25) is 0 Å². The Morgan fingerprint density at radius 3 is 2.21 bits per heavy atom. The van der Waals surface area contributed by atoms with Crippen molar-refractivity contribution in [1.82, 2.24) is 4.90 Å². The number of imide groups is 1. The second-order valence-corrected chi connectivity index (χ2v) is 8.37. The van der Waals surface area contributed by atoms with E-state index in [1.165, 1.54) is 18.2 Å². The Kier molecular flexibility index (Phi) is 4.99. The third-order valence-electron chi connectivity index (χ3n) is 5.65. The van der Waals surface area contributed by atoms with Gasteiger partial charge in [0.1, 0.15) is 11.5 Å². The first-order chi connectivity index (χ1) is 13.8. The van der Waals surface area contributed by atoms with Crippen LogP contribution in [0.2, 0.25) is 0 Å². The van der Waals surface area contributed by atoms with Crippen LogP contribution in [-0.4, -0.2) is 29.8 Å². The Hall–Kier alpha value is -2.95. The summed E-state index contributed by atoms with van der Waals surface area (Å²) in [5.41, 5.74) is 2.89. The highest BCUT2D eigenvalue weighted by atomic mass is 19.1. The highest BCUT2D eigenvalue weighted by molar-refractivity contribution is 6.45. The maximum Gasteiger partial charge on any atom is 0.282 e. The number of halogens is 1. The molecule has 0 radical (unpaired) electrons. The van der Waals surface area contributed by atoms with Crippen LogP contribution < -0.4 is 4.90 Å². The molecule has 4 nitrogen and oxygen atoms in total. The number of amides is 2. The van der Waals surface area contributed by atoms with Gasteiger partial charge in [0.25, 0.3) is 11.8 Å². The zero-order chi connectivity index (χ0) is 20.7. The summed E-state index contributed by atoms with van der Waals surface area (Å²) in [6, 6.07) is 13.3. The topological polar surface area (TPSA) is 40.6 Å². The standard InChI is InChI=1S/C24H25FN2O2/c1-15-7-9-18(10-8-15)21-22(26-13-16(2)11-17(3)14-26)24(29)27(23(21)28)20-6-4-5-19(25)12-20/h4-10,12,16-17H,11,13-14H2,1-3H3. The second-order valence-electron chi connectivity index (χ2n) is 8.37. The van der Waals surface area contributed by atoms with Gasteiger partial charge < -0.3 is 4.90 Å². The Labute approximate surface area is 170 Å². The summed E-state index contributed by atoms with van der Waals surface area (Å²) >= 11 is 0. The molecular formula is C24H25FN2O2. The van der Waals surface area contributed by atoms with Gasteiger partial charge in [-0.25, -0.2) is 9.29 Å². The number of hydrogen-bond acceptors (Lipinski definition) is 3. The van der Waals surface area contributed by atoms with Crippen LogP contribution in [0.4, 0.5) is 10.1 Å². The number of rotatable bonds is 3. The summed E-state index contributed by atoms with van der Waals surface area (Å²) in [6.45, 7) is 7.77. The van der Waals surface area contributed by atoms with Crippen LogP contribution in [-0.2, 0) is 9.59 Å². The molecule has 29 heavy (non-hydrogen) atoms. The fourth-order valence-electron chi connectivity index (χ4n) is 4.49. The minimum atomic E-state index is -0.478. The number of benzene rings is 2. The molecule has 2 aliphatic heterocycles. The van der Waals surface area contributed by atoms with Crippen molar-refractivity contribution >= 4 is 23.1 Å². The zero-order valence-electron chi connectivity index (χ0n) is 17.0. The lowest BCUT2D eigenvalue weighted by Gasteiger charge is -2.37. The molecule has 1 saturated heterocycles.